The molecule has 0 aliphatic heterocycles. The molecule has 0 fully saturated rings. The fraction of sp³-hybridized carbons (Fsp3) is 0.300. The number of rotatable bonds is 3. The maximum absolute atomic E-state index is 11.4. The van der Waals surface area contributed by atoms with Crippen molar-refractivity contribution >= 4 is 59.4 Å². The van der Waals surface area contributed by atoms with Gasteiger partial charge >= 0.3 is 0 Å². The Morgan fingerprint density at radius 1 is 1.25 bits per heavy atom. The van der Waals surface area contributed by atoms with Gasteiger partial charge < -0.3 is 10.2 Å². The third-order valence-electron chi connectivity index (χ3n) is 1.92. The van der Waals surface area contributed by atoms with Gasteiger partial charge in [-0.05, 0) is 44.0 Å². The molecular weight excluding hydrogens is 404 g/mol. The number of nitrogens with zero attached hydrogens (tertiary/aromatic N) is 1. The highest BCUT2D eigenvalue weighted by Gasteiger charge is 2.09. The molecule has 0 unspecified atom stereocenters. The van der Waals surface area contributed by atoms with Gasteiger partial charge in [-0.25, -0.2) is 0 Å². The quantitative estimate of drug-likeness (QED) is 0.821. The van der Waals surface area contributed by atoms with E-state index >= 15 is 0 Å². The lowest BCUT2D eigenvalue weighted by atomic mass is 10.3. The van der Waals surface area contributed by atoms with E-state index in [4.69, 9.17) is 0 Å². The summed E-state index contributed by atoms with van der Waals surface area (Å²) in [6, 6.07) is 3.85. The molecule has 0 spiro atoms. The van der Waals surface area contributed by atoms with Crippen molar-refractivity contribution < 1.29 is 4.79 Å². The van der Waals surface area contributed by atoms with Crippen molar-refractivity contribution in [3.63, 3.8) is 0 Å². The molecule has 16 heavy (non-hydrogen) atoms. The first-order chi connectivity index (χ1) is 7.41. The number of benzene rings is 1. The van der Waals surface area contributed by atoms with Crippen LogP contribution in [0.15, 0.2) is 25.6 Å². The third kappa shape index (κ3) is 3.75. The Labute approximate surface area is 120 Å². The van der Waals surface area contributed by atoms with Gasteiger partial charge in [-0.1, -0.05) is 15.9 Å². The van der Waals surface area contributed by atoms with Crippen LogP contribution in [0.4, 0.5) is 5.69 Å². The lowest BCUT2D eigenvalue weighted by Gasteiger charge is -2.14. The van der Waals surface area contributed by atoms with E-state index in [1.165, 1.54) is 0 Å². The van der Waals surface area contributed by atoms with Crippen LogP contribution in [0.25, 0.3) is 0 Å². The number of anilines is 1. The number of carbonyl (C=O) groups is 1. The summed E-state index contributed by atoms with van der Waals surface area (Å²) in [6.07, 6.45) is 0. The number of likely N-dealkylation sites (N-methyl/N-ethyl adjacent to an activating group) is 1. The van der Waals surface area contributed by atoms with Crippen LogP contribution in [0.2, 0.25) is 0 Å². The molecule has 88 valence electrons. The molecule has 0 saturated heterocycles. The van der Waals surface area contributed by atoms with Crippen LogP contribution < -0.4 is 5.32 Å². The van der Waals surface area contributed by atoms with Gasteiger partial charge in [0.2, 0.25) is 5.91 Å². The molecule has 3 nitrogen and oxygen atoms in total. The maximum atomic E-state index is 11.4. The standard InChI is InChI=1S/C10H11Br3N2O/c1-15(2)9(16)5-14-10-7(12)3-6(11)4-8(10)13/h3-4,14H,5H2,1-2H3. The average molecular weight is 415 g/mol. The van der Waals surface area contributed by atoms with E-state index in [2.05, 4.69) is 53.1 Å². The van der Waals surface area contributed by atoms with Gasteiger partial charge in [-0.3, -0.25) is 4.79 Å². The highest BCUT2D eigenvalue weighted by atomic mass is 79.9. The Morgan fingerprint density at radius 3 is 2.19 bits per heavy atom. The van der Waals surface area contributed by atoms with Crippen LogP contribution >= 0.6 is 47.8 Å². The lowest BCUT2D eigenvalue weighted by Crippen LogP contribution is -2.28. The molecular formula is C10H11Br3N2O. The highest BCUT2D eigenvalue weighted by molar-refractivity contribution is 9.11. The third-order valence-corrected chi connectivity index (χ3v) is 3.63. The van der Waals surface area contributed by atoms with E-state index in [0.717, 1.165) is 19.1 Å². The fourth-order valence-electron chi connectivity index (χ4n) is 1.03. The minimum Gasteiger partial charge on any atom is -0.374 e. The number of hydrogen-bond donors (Lipinski definition) is 1. The molecule has 1 N–H and O–H groups in total. The van der Waals surface area contributed by atoms with Crippen LogP contribution in [-0.2, 0) is 4.79 Å². The Hall–Kier alpha value is -0.0700. The van der Waals surface area contributed by atoms with Crippen molar-refractivity contribution in [3.05, 3.63) is 25.6 Å². The summed E-state index contributed by atoms with van der Waals surface area (Å²) in [7, 11) is 3.46. The molecule has 1 amide bonds. The predicted molar refractivity (Wildman–Crippen MR) is 76.7 cm³/mol. The molecule has 0 aromatic heterocycles. The number of nitrogens with one attached hydrogen (secondary N) is 1. The largest absolute Gasteiger partial charge is 0.374 e. The van der Waals surface area contributed by atoms with Crippen molar-refractivity contribution in [3.8, 4) is 0 Å². The van der Waals surface area contributed by atoms with Gasteiger partial charge in [0.25, 0.3) is 0 Å². The first-order valence-electron chi connectivity index (χ1n) is 4.50. The number of amides is 1. The Kier molecular flexibility index (Phi) is 5.27. The molecule has 0 aliphatic carbocycles. The van der Waals surface area contributed by atoms with E-state index in [0.29, 0.717) is 0 Å². The SMILES string of the molecule is CN(C)C(=O)CNc1c(Br)cc(Br)cc1Br. The Bertz CT molecular complexity index is 384. The first-order valence-corrected chi connectivity index (χ1v) is 6.88. The van der Waals surface area contributed by atoms with Crippen molar-refractivity contribution in [2.24, 2.45) is 0 Å². The molecule has 0 bridgehead atoms. The Morgan fingerprint density at radius 2 is 1.75 bits per heavy atom. The summed E-state index contributed by atoms with van der Waals surface area (Å²) in [5.74, 6) is 0.0294. The monoisotopic (exact) mass is 412 g/mol. The summed E-state index contributed by atoms with van der Waals surface area (Å²) < 4.78 is 2.77. The smallest absolute Gasteiger partial charge is 0.241 e. The molecule has 0 aliphatic rings. The minimum absolute atomic E-state index is 0.0294. The number of halogens is 3. The summed E-state index contributed by atoms with van der Waals surface area (Å²) in [5.41, 5.74) is 0.874. The van der Waals surface area contributed by atoms with Gasteiger partial charge in [0.1, 0.15) is 0 Å². The van der Waals surface area contributed by atoms with Crippen molar-refractivity contribution in [2.45, 2.75) is 0 Å². The molecule has 0 heterocycles. The zero-order valence-corrected chi connectivity index (χ0v) is 13.6. The summed E-state index contributed by atoms with van der Waals surface area (Å²) in [6.45, 7) is 0.270. The zero-order chi connectivity index (χ0) is 12.3. The second-order valence-electron chi connectivity index (χ2n) is 3.39. The van der Waals surface area contributed by atoms with Gasteiger partial charge in [0, 0.05) is 27.5 Å². The van der Waals surface area contributed by atoms with Gasteiger partial charge in [-0.15, -0.1) is 0 Å². The second-order valence-corrected chi connectivity index (χ2v) is 6.01. The van der Waals surface area contributed by atoms with E-state index in [1.54, 1.807) is 19.0 Å². The molecule has 1 aromatic carbocycles. The van der Waals surface area contributed by atoms with E-state index < -0.39 is 0 Å². The van der Waals surface area contributed by atoms with Crippen LogP contribution in [0, 0.1) is 0 Å². The van der Waals surface area contributed by atoms with Gasteiger partial charge in [0.05, 0.1) is 12.2 Å². The topological polar surface area (TPSA) is 32.3 Å². The summed E-state index contributed by atoms with van der Waals surface area (Å²) in [4.78, 5) is 13.0. The zero-order valence-electron chi connectivity index (χ0n) is 8.85. The molecule has 1 rings (SSSR count). The van der Waals surface area contributed by atoms with E-state index in [-0.39, 0.29) is 12.5 Å². The lowest BCUT2D eigenvalue weighted by molar-refractivity contribution is -0.126. The van der Waals surface area contributed by atoms with E-state index in [1.807, 2.05) is 12.1 Å². The maximum Gasteiger partial charge on any atom is 0.241 e. The van der Waals surface area contributed by atoms with Gasteiger partial charge in [-0.2, -0.15) is 0 Å². The van der Waals surface area contributed by atoms with Crippen LogP contribution in [0.1, 0.15) is 0 Å². The second kappa shape index (κ2) is 6.02. The Balaban J connectivity index is 2.78. The minimum atomic E-state index is 0.0294. The van der Waals surface area contributed by atoms with Crippen LogP contribution in [0.3, 0.4) is 0 Å². The normalized spacial score (nSPS) is 10.1. The van der Waals surface area contributed by atoms with Gasteiger partial charge in [0.15, 0.2) is 0 Å². The number of hydrogen-bond acceptors (Lipinski definition) is 2. The highest BCUT2D eigenvalue weighted by Crippen LogP contribution is 2.34. The predicted octanol–water partition coefficient (Wildman–Crippen LogP) is 3.47. The van der Waals surface area contributed by atoms with Crippen molar-refractivity contribution in [2.75, 3.05) is 26.0 Å². The molecule has 6 heteroatoms. The molecule has 0 radical (unpaired) electrons. The van der Waals surface area contributed by atoms with Crippen LogP contribution in [-0.4, -0.2) is 31.4 Å². The summed E-state index contributed by atoms with van der Waals surface area (Å²) in [5, 5.41) is 3.08. The summed E-state index contributed by atoms with van der Waals surface area (Å²) >= 11 is 10.3. The fourth-order valence-corrected chi connectivity index (χ4v) is 3.57. The van der Waals surface area contributed by atoms with Crippen molar-refractivity contribution in [1.82, 2.24) is 4.90 Å². The van der Waals surface area contributed by atoms with E-state index in [9.17, 15) is 4.79 Å². The first kappa shape index (κ1) is 14.0. The number of carbonyl (C=O) groups excluding carboxylic acids is 1. The van der Waals surface area contributed by atoms with Crippen LogP contribution in [0.5, 0.6) is 0 Å². The molecule has 0 saturated carbocycles. The van der Waals surface area contributed by atoms with Crippen molar-refractivity contribution in [1.29, 1.82) is 0 Å². The molecule has 1 aromatic rings. The average Bonchev–Trinajstić information content (AvgIpc) is 2.15. The molecule has 0 atom stereocenters.